The summed E-state index contributed by atoms with van der Waals surface area (Å²) in [6.45, 7) is 2.99. The number of rotatable bonds is 3. The second kappa shape index (κ2) is 5.14. The van der Waals surface area contributed by atoms with Gasteiger partial charge in [-0.25, -0.2) is 0 Å². The Bertz CT molecular complexity index is 620. The van der Waals surface area contributed by atoms with E-state index in [4.69, 9.17) is 0 Å². The number of fused-ring (bicyclic) bond motifs is 3. The van der Waals surface area contributed by atoms with E-state index in [1.807, 2.05) is 24.4 Å². The minimum atomic E-state index is 0.761. The number of para-hydroxylation sites is 1. The maximum Gasteiger partial charge on any atom is 0.214 e. The molecule has 3 N–H and O–H groups in total. The predicted octanol–water partition coefficient (Wildman–Crippen LogP) is 2.73. The molecule has 0 radical (unpaired) electrons. The molecular formula is C14H17N5. The molecule has 2 heterocycles. The van der Waals surface area contributed by atoms with E-state index in [9.17, 15) is 0 Å². The molecule has 0 saturated heterocycles. The van der Waals surface area contributed by atoms with Crippen molar-refractivity contribution in [1.29, 1.82) is 0 Å². The zero-order valence-electron chi connectivity index (χ0n) is 10.9. The van der Waals surface area contributed by atoms with Gasteiger partial charge in [-0.1, -0.05) is 31.5 Å². The summed E-state index contributed by atoms with van der Waals surface area (Å²) in [7, 11) is 0. The van der Waals surface area contributed by atoms with Gasteiger partial charge in [0.15, 0.2) is 0 Å². The molecule has 1 aliphatic heterocycles. The molecule has 5 nitrogen and oxygen atoms in total. The highest BCUT2D eigenvalue weighted by Gasteiger charge is 2.15. The van der Waals surface area contributed by atoms with Crippen LogP contribution in [-0.2, 0) is 0 Å². The first-order valence-corrected chi connectivity index (χ1v) is 6.59. The number of hydrogen-bond donors (Lipinski definition) is 3. The molecule has 1 aromatic carbocycles. The van der Waals surface area contributed by atoms with Crippen molar-refractivity contribution in [3.63, 3.8) is 0 Å². The molecule has 0 spiro atoms. The molecule has 1 aromatic heterocycles. The third kappa shape index (κ3) is 2.31. The molecular weight excluding hydrogens is 238 g/mol. The fraction of sp³-hybridized carbons (Fsp3) is 0.286. The van der Waals surface area contributed by atoms with Crippen LogP contribution in [0.2, 0.25) is 0 Å². The van der Waals surface area contributed by atoms with Crippen LogP contribution >= 0.6 is 0 Å². The van der Waals surface area contributed by atoms with Gasteiger partial charge in [0.2, 0.25) is 5.96 Å². The molecule has 1 aliphatic rings. The largest absolute Gasteiger partial charge is 0.322 e. The Labute approximate surface area is 112 Å². The second-order valence-corrected chi connectivity index (χ2v) is 4.52. The Kier molecular flexibility index (Phi) is 3.18. The van der Waals surface area contributed by atoms with Crippen molar-refractivity contribution >= 4 is 28.2 Å². The summed E-state index contributed by atoms with van der Waals surface area (Å²) in [5.41, 5.74) is 9.12. The van der Waals surface area contributed by atoms with Crippen molar-refractivity contribution in [2.24, 2.45) is 4.99 Å². The minimum Gasteiger partial charge on any atom is -0.322 e. The smallest absolute Gasteiger partial charge is 0.214 e. The number of aliphatic imine (C=N–C) groups is 1. The van der Waals surface area contributed by atoms with Gasteiger partial charge in [0.1, 0.15) is 0 Å². The van der Waals surface area contributed by atoms with Crippen LogP contribution in [0.1, 0.15) is 19.8 Å². The highest BCUT2D eigenvalue weighted by Crippen LogP contribution is 2.30. The number of anilines is 2. The average Bonchev–Trinajstić information content (AvgIpc) is 2.47. The molecule has 0 saturated carbocycles. The number of hydrazine groups is 1. The molecule has 19 heavy (non-hydrogen) atoms. The summed E-state index contributed by atoms with van der Waals surface area (Å²) in [4.78, 5) is 8.90. The van der Waals surface area contributed by atoms with Crippen molar-refractivity contribution in [1.82, 2.24) is 10.4 Å². The van der Waals surface area contributed by atoms with Gasteiger partial charge in [-0.2, -0.15) is 0 Å². The lowest BCUT2D eigenvalue weighted by Gasteiger charge is -2.23. The van der Waals surface area contributed by atoms with E-state index in [-0.39, 0.29) is 0 Å². The van der Waals surface area contributed by atoms with Gasteiger partial charge in [0.25, 0.3) is 0 Å². The molecule has 0 unspecified atom stereocenters. The third-order valence-electron chi connectivity index (χ3n) is 3.12. The summed E-state index contributed by atoms with van der Waals surface area (Å²) in [6.07, 6.45) is 4.06. The molecule has 98 valence electrons. The summed E-state index contributed by atoms with van der Waals surface area (Å²) in [5, 5.41) is 4.43. The summed E-state index contributed by atoms with van der Waals surface area (Å²) in [6, 6.07) is 8.08. The van der Waals surface area contributed by atoms with Gasteiger partial charge >= 0.3 is 0 Å². The van der Waals surface area contributed by atoms with Crippen LogP contribution in [0.5, 0.6) is 0 Å². The average molecular weight is 255 g/mol. The maximum atomic E-state index is 4.49. The molecule has 0 atom stereocenters. The zero-order chi connectivity index (χ0) is 13.1. The first-order chi connectivity index (χ1) is 9.38. The lowest BCUT2D eigenvalue weighted by Crippen LogP contribution is -2.40. The Balaban J connectivity index is 1.94. The normalized spacial score (nSPS) is 15.5. The first kappa shape index (κ1) is 11.8. The van der Waals surface area contributed by atoms with Crippen molar-refractivity contribution in [3.05, 3.63) is 30.5 Å². The molecule has 2 aromatic rings. The number of nitrogens with zero attached hydrogens (tertiary/aromatic N) is 2. The van der Waals surface area contributed by atoms with Gasteiger partial charge in [0, 0.05) is 11.9 Å². The van der Waals surface area contributed by atoms with E-state index < -0.39 is 0 Å². The summed E-state index contributed by atoms with van der Waals surface area (Å²) >= 11 is 0. The van der Waals surface area contributed by atoms with Crippen LogP contribution in [0.3, 0.4) is 0 Å². The number of aromatic nitrogens is 1. The van der Waals surface area contributed by atoms with Gasteiger partial charge < -0.3 is 5.32 Å². The van der Waals surface area contributed by atoms with Crippen molar-refractivity contribution in [2.75, 3.05) is 17.3 Å². The van der Waals surface area contributed by atoms with E-state index in [1.165, 1.54) is 0 Å². The standard InChI is InChI=1S/C14H17N5/c1-2-3-8-15-14-17-13-10-6-4-5-7-11(10)16-9-12(13)18-19-14/h4-7,9,18H,2-3,8H2,1H3,(H2,15,17,19). The Morgan fingerprint density at radius 2 is 2.11 bits per heavy atom. The minimum absolute atomic E-state index is 0.761. The molecule has 0 bridgehead atoms. The van der Waals surface area contributed by atoms with E-state index in [1.54, 1.807) is 0 Å². The second-order valence-electron chi connectivity index (χ2n) is 4.52. The molecule has 5 heteroatoms. The quantitative estimate of drug-likeness (QED) is 0.738. The van der Waals surface area contributed by atoms with Crippen molar-refractivity contribution in [2.45, 2.75) is 19.8 Å². The van der Waals surface area contributed by atoms with Gasteiger partial charge in [-0.3, -0.25) is 20.8 Å². The maximum absolute atomic E-state index is 4.49. The molecule has 0 aliphatic carbocycles. The van der Waals surface area contributed by atoms with Crippen LogP contribution in [0.15, 0.2) is 35.5 Å². The third-order valence-corrected chi connectivity index (χ3v) is 3.12. The predicted molar refractivity (Wildman–Crippen MR) is 79.3 cm³/mol. The Hall–Kier alpha value is -2.30. The summed E-state index contributed by atoms with van der Waals surface area (Å²) in [5.74, 6) is 0.761. The molecule has 0 amide bonds. The van der Waals surface area contributed by atoms with Crippen LogP contribution in [0, 0.1) is 0 Å². The topological polar surface area (TPSA) is 61.3 Å². The van der Waals surface area contributed by atoms with Crippen LogP contribution in [0.4, 0.5) is 11.4 Å². The zero-order valence-corrected chi connectivity index (χ0v) is 10.9. The van der Waals surface area contributed by atoms with E-state index in [2.05, 4.69) is 39.1 Å². The van der Waals surface area contributed by atoms with Crippen LogP contribution in [0.25, 0.3) is 10.9 Å². The van der Waals surface area contributed by atoms with E-state index in [0.29, 0.717) is 0 Å². The lowest BCUT2D eigenvalue weighted by atomic mass is 10.1. The number of benzene rings is 1. The lowest BCUT2D eigenvalue weighted by molar-refractivity contribution is 0.803. The molecule has 0 fully saturated rings. The number of guanidine groups is 1. The van der Waals surface area contributed by atoms with Gasteiger partial charge in [-0.15, -0.1) is 0 Å². The Morgan fingerprint density at radius 3 is 3.00 bits per heavy atom. The number of pyridine rings is 1. The van der Waals surface area contributed by atoms with Crippen LogP contribution in [-0.4, -0.2) is 17.5 Å². The SMILES string of the molecule is CCCCN=C1NNc2cnc3ccccc3c2N1. The first-order valence-electron chi connectivity index (χ1n) is 6.59. The van der Waals surface area contributed by atoms with Crippen LogP contribution < -0.4 is 16.2 Å². The Morgan fingerprint density at radius 1 is 1.21 bits per heavy atom. The number of unbranched alkanes of at least 4 members (excludes halogenated alkanes) is 1. The fourth-order valence-electron chi connectivity index (χ4n) is 2.08. The number of hydrogen-bond acceptors (Lipinski definition) is 3. The number of nitrogens with one attached hydrogen (secondary N) is 3. The van der Waals surface area contributed by atoms with Crippen molar-refractivity contribution < 1.29 is 0 Å². The van der Waals surface area contributed by atoms with Gasteiger partial charge in [0.05, 0.1) is 23.1 Å². The fourth-order valence-corrected chi connectivity index (χ4v) is 2.08. The molecule has 3 rings (SSSR count). The highest BCUT2D eigenvalue weighted by atomic mass is 15.5. The monoisotopic (exact) mass is 255 g/mol. The summed E-state index contributed by atoms with van der Waals surface area (Å²) < 4.78 is 0. The highest BCUT2D eigenvalue weighted by molar-refractivity contribution is 6.09. The van der Waals surface area contributed by atoms with E-state index >= 15 is 0 Å². The van der Waals surface area contributed by atoms with E-state index in [0.717, 1.165) is 47.6 Å². The van der Waals surface area contributed by atoms with Crippen molar-refractivity contribution in [3.8, 4) is 0 Å². The van der Waals surface area contributed by atoms with Gasteiger partial charge in [-0.05, 0) is 12.5 Å².